The van der Waals surface area contributed by atoms with Crippen LogP contribution in [0.25, 0.3) is 11.0 Å². The van der Waals surface area contributed by atoms with Crippen LogP contribution in [-0.4, -0.2) is 40.3 Å². The van der Waals surface area contributed by atoms with Crippen LogP contribution in [0.15, 0.2) is 39.6 Å². The number of carbonyl (C=O) groups is 2. The Morgan fingerprint density at radius 1 is 1.35 bits per heavy atom. The van der Waals surface area contributed by atoms with E-state index in [0.717, 1.165) is 40.8 Å². The minimum absolute atomic E-state index is 0.00188. The third-order valence-corrected chi connectivity index (χ3v) is 7.64. The van der Waals surface area contributed by atoms with Gasteiger partial charge in [0.15, 0.2) is 0 Å². The molecule has 3 aromatic rings. The number of para-hydroxylation sites is 1. The molecule has 4 heterocycles. The van der Waals surface area contributed by atoms with Crippen LogP contribution in [-0.2, 0) is 22.6 Å². The van der Waals surface area contributed by atoms with E-state index in [2.05, 4.69) is 15.2 Å². The van der Waals surface area contributed by atoms with Crippen molar-refractivity contribution in [2.75, 3.05) is 6.54 Å². The van der Waals surface area contributed by atoms with Crippen LogP contribution in [0.3, 0.4) is 0 Å². The molecule has 8 heteroatoms. The molecule has 5 rings (SSSR count). The monoisotopic (exact) mass is 438 g/mol. The number of amides is 2. The SMILES string of the molecule is Cc1c(CNC(=O)[C@@]2(Cc3cscn3)C[C@H]3CC[C@@H]2N3CC(N)=O)oc2ccccc12. The Hall–Kier alpha value is -2.71. The first-order valence-electron chi connectivity index (χ1n) is 10.6. The van der Waals surface area contributed by atoms with E-state index in [1.54, 1.807) is 5.51 Å². The molecular formula is C23H26N4O3S. The summed E-state index contributed by atoms with van der Waals surface area (Å²) in [4.78, 5) is 31.9. The molecule has 1 aromatic carbocycles. The number of thiazole rings is 1. The van der Waals surface area contributed by atoms with E-state index < -0.39 is 5.41 Å². The van der Waals surface area contributed by atoms with Crippen molar-refractivity contribution in [3.8, 4) is 0 Å². The van der Waals surface area contributed by atoms with Gasteiger partial charge in [0.25, 0.3) is 0 Å². The van der Waals surface area contributed by atoms with Crippen LogP contribution in [0.5, 0.6) is 0 Å². The molecule has 2 bridgehead atoms. The molecule has 2 saturated heterocycles. The Bertz CT molecular complexity index is 1130. The van der Waals surface area contributed by atoms with Crippen molar-refractivity contribution in [2.24, 2.45) is 11.1 Å². The standard InChI is InChI=1S/C23H26N4O3S/c1-14-17-4-2-3-5-18(17)30-19(14)10-25-22(29)23(8-15-12-31-13-26-15)9-16-6-7-20(23)27(16)11-21(24)28/h2-5,12-13,16,20H,6-11H2,1H3,(H2,24,28)(H,25,29)/t16-,20+,23+/m1/s1. The highest BCUT2D eigenvalue weighted by Gasteiger charge is 2.59. The number of furan rings is 1. The zero-order valence-electron chi connectivity index (χ0n) is 17.5. The van der Waals surface area contributed by atoms with Gasteiger partial charge in [-0.25, -0.2) is 4.98 Å². The van der Waals surface area contributed by atoms with Gasteiger partial charge in [0.1, 0.15) is 11.3 Å². The lowest BCUT2D eigenvalue weighted by atomic mass is 9.70. The zero-order valence-corrected chi connectivity index (χ0v) is 18.3. The fourth-order valence-corrected chi connectivity index (χ4v) is 6.18. The number of nitrogens with one attached hydrogen (secondary N) is 1. The Morgan fingerprint density at radius 3 is 2.94 bits per heavy atom. The number of benzene rings is 1. The second-order valence-corrected chi connectivity index (χ2v) is 9.45. The van der Waals surface area contributed by atoms with Gasteiger partial charge < -0.3 is 15.5 Å². The molecule has 162 valence electrons. The molecule has 2 fully saturated rings. The lowest BCUT2D eigenvalue weighted by molar-refractivity contribution is -0.133. The summed E-state index contributed by atoms with van der Waals surface area (Å²) in [6, 6.07) is 8.09. The maximum atomic E-state index is 13.7. The minimum atomic E-state index is -0.619. The highest BCUT2D eigenvalue weighted by Crippen LogP contribution is 2.51. The van der Waals surface area contributed by atoms with E-state index in [-0.39, 0.29) is 30.4 Å². The van der Waals surface area contributed by atoms with Gasteiger partial charge in [-0.3, -0.25) is 14.5 Å². The summed E-state index contributed by atoms with van der Waals surface area (Å²) in [5.74, 6) is 0.428. The smallest absolute Gasteiger partial charge is 0.231 e. The van der Waals surface area contributed by atoms with E-state index in [1.165, 1.54) is 11.3 Å². The Balaban J connectivity index is 1.41. The van der Waals surface area contributed by atoms with Crippen LogP contribution < -0.4 is 11.1 Å². The van der Waals surface area contributed by atoms with Crippen LogP contribution in [0.4, 0.5) is 0 Å². The molecule has 31 heavy (non-hydrogen) atoms. The zero-order chi connectivity index (χ0) is 21.6. The molecule has 0 unspecified atom stereocenters. The number of rotatable bonds is 7. The number of nitrogens with zero attached hydrogens (tertiary/aromatic N) is 2. The molecule has 3 atom stereocenters. The van der Waals surface area contributed by atoms with Gasteiger partial charge in [0, 0.05) is 34.8 Å². The number of primary amides is 1. The molecule has 0 saturated carbocycles. The Kier molecular flexibility index (Phi) is 5.06. The van der Waals surface area contributed by atoms with E-state index in [9.17, 15) is 9.59 Å². The maximum Gasteiger partial charge on any atom is 0.231 e. The normalized spacial score (nSPS) is 25.3. The first kappa shape index (κ1) is 20.2. The summed E-state index contributed by atoms with van der Waals surface area (Å²) in [6.45, 7) is 2.56. The molecule has 7 nitrogen and oxygen atoms in total. The van der Waals surface area contributed by atoms with Crippen molar-refractivity contribution >= 4 is 34.1 Å². The second kappa shape index (κ2) is 7.76. The average Bonchev–Trinajstić information content (AvgIpc) is 3.52. The lowest BCUT2D eigenvalue weighted by Gasteiger charge is -2.36. The van der Waals surface area contributed by atoms with Crippen LogP contribution >= 0.6 is 11.3 Å². The van der Waals surface area contributed by atoms with E-state index in [1.807, 2.05) is 36.6 Å². The van der Waals surface area contributed by atoms with E-state index in [0.29, 0.717) is 19.4 Å². The molecule has 0 aliphatic carbocycles. The van der Waals surface area contributed by atoms with Gasteiger partial charge in [-0.15, -0.1) is 11.3 Å². The summed E-state index contributed by atoms with van der Waals surface area (Å²) in [5.41, 5.74) is 9.49. The third kappa shape index (κ3) is 3.43. The van der Waals surface area contributed by atoms with Crippen molar-refractivity contribution in [1.82, 2.24) is 15.2 Å². The number of fused-ring (bicyclic) bond motifs is 3. The van der Waals surface area contributed by atoms with Crippen molar-refractivity contribution in [2.45, 2.75) is 51.2 Å². The van der Waals surface area contributed by atoms with Crippen molar-refractivity contribution in [1.29, 1.82) is 0 Å². The molecule has 2 aromatic heterocycles. The van der Waals surface area contributed by atoms with Gasteiger partial charge in [-0.1, -0.05) is 18.2 Å². The first-order valence-corrected chi connectivity index (χ1v) is 11.6. The summed E-state index contributed by atoms with van der Waals surface area (Å²) >= 11 is 1.53. The van der Waals surface area contributed by atoms with Crippen LogP contribution in [0.2, 0.25) is 0 Å². The van der Waals surface area contributed by atoms with Crippen molar-refractivity contribution in [3.05, 3.63) is 52.2 Å². The van der Waals surface area contributed by atoms with Gasteiger partial charge in [0.2, 0.25) is 11.8 Å². The summed E-state index contributed by atoms with van der Waals surface area (Å²) < 4.78 is 5.99. The highest BCUT2D eigenvalue weighted by molar-refractivity contribution is 7.07. The molecule has 2 aliphatic rings. The van der Waals surface area contributed by atoms with Gasteiger partial charge in [0.05, 0.1) is 29.7 Å². The summed E-state index contributed by atoms with van der Waals surface area (Å²) in [5, 5.41) is 6.22. The largest absolute Gasteiger partial charge is 0.459 e. The molecule has 0 radical (unpaired) electrons. The second-order valence-electron chi connectivity index (χ2n) is 8.73. The van der Waals surface area contributed by atoms with Gasteiger partial charge >= 0.3 is 0 Å². The minimum Gasteiger partial charge on any atom is -0.459 e. The summed E-state index contributed by atoms with van der Waals surface area (Å²) in [6.07, 6.45) is 3.16. The van der Waals surface area contributed by atoms with E-state index >= 15 is 0 Å². The Labute approximate surface area is 184 Å². The Morgan fingerprint density at radius 2 is 2.19 bits per heavy atom. The van der Waals surface area contributed by atoms with Gasteiger partial charge in [-0.05, 0) is 32.3 Å². The number of carbonyl (C=O) groups excluding carboxylic acids is 2. The first-order chi connectivity index (χ1) is 15.0. The number of hydrogen-bond acceptors (Lipinski definition) is 6. The van der Waals surface area contributed by atoms with E-state index in [4.69, 9.17) is 10.2 Å². The van der Waals surface area contributed by atoms with Crippen LogP contribution in [0.1, 0.15) is 36.3 Å². The molecular weight excluding hydrogens is 412 g/mol. The predicted molar refractivity (Wildman–Crippen MR) is 118 cm³/mol. The predicted octanol–water partition coefficient (Wildman–Crippen LogP) is 2.77. The maximum absolute atomic E-state index is 13.7. The fraction of sp³-hybridized carbons (Fsp3) is 0.435. The molecule has 0 spiro atoms. The molecule has 3 N–H and O–H groups in total. The number of aromatic nitrogens is 1. The summed E-state index contributed by atoms with van der Waals surface area (Å²) in [7, 11) is 0. The van der Waals surface area contributed by atoms with Crippen molar-refractivity contribution in [3.63, 3.8) is 0 Å². The molecule has 2 aliphatic heterocycles. The van der Waals surface area contributed by atoms with Crippen molar-refractivity contribution < 1.29 is 14.0 Å². The average molecular weight is 439 g/mol. The van der Waals surface area contributed by atoms with Gasteiger partial charge in [-0.2, -0.15) is 0 Å². The lowest BCUT2D eigenvalue weighted by Crippen LogP contribution is -2.51. The molecule has 2 amide bonds. The number of nitrogens with two attached hydrogens (primary N) is 1. The fourth-order valence-electron chi connectivity index (χ4n) is 5.62. The quantitative estimate of drug-likeness (QED) is 0.591. The number of aryl methyl sites for hydroxylation is 1. The number of hydrogen-bond donors (Lipinski definition) is 2. The highest BCUT2D eigenvalue weighted by atomic mass is 32.1. The van der Waals surface area contributed by atoms with Crippen LogP contribution in [0, 0.1) is 12.3 Å². The topological polar surface area (TPSA) is 101 Å². The third-order valence-electron chi connectivity index (χ3n) is 7.00.